The zero-order valence-electron chi connectivity index (χ0n) is 10.6. The van der Waals surface area contributed by atoms with E-state index in [0.717, 1.165) is 12.2 Å². The molecule has 0 aromatic heterocycles. The summed E-state index contributed by atoms with van der Waals surface area (Å²) in [6, 6.07) is 1.63. The molecule has 7 nitrogen and oxygen atoms in total. The van der Waals surface area contributed by atoms with Crippen LogP contribution in [0.5, 0.6) is 0 Å². The molecule has 0 aromatic carbocycles. The minimum absolute atomic E-state index is 0.120. The number of Topliss-reactive ketones (excluding diaryl/α,β-unsaturated/α-hetero) is 1. The zero-order chi connectivity index (χ0) is 14.8. The van der Waals surface area contributed by atoms with Gasteiger partial charge in [-0.2, -0.15) is 5.26 Å². The first-order valence-corrected chi connectivity index (χ1v) is 5.41. The van der Waals surface area contributed by atoms with E-state index >= 15 is 0 Å². The summed E-state index contributed by atoms with van der Waals surface area (Å²) < 4.78 is 9.07. The van der Waals surface area contributed by atoms with Crippen LogP contribution in [0.1, 0.15) is 13.8 Å². The first kappa shape index (κ1) is 16.5. The molecule has 0 rings (SSSR count). The van der Waals surface area contributed by atoms with Crippen LogP contribution in [0.25, 0.3) is 0 Å². The maximum Gasteiger partial charge on any atom is 0.331 e. The lowest BCUT2D eigenvalue weighted by Gasteiger charge is -2.05. The van der Waals surface area contributed by atoms with Crippen LogP contribution in [-0.2, 0) is 23.9 Å². The molecule has 0 unspecified atom stereocenters. The highest BCUT2D eigenvalue weighted by Crippen LogP contribution is 2.00. The number of hydrogen-bond donors (Lipinski definition) is 1. The lowest BCUT2D eigenvalue weighted by Crippen LogP contribution is -2.25. The molecular weight excluding hydrogens is 252 g/mol. The van der Waals surface area contributed by atoms with Crippen LogP contribution in [0.3, 0.4) is 0 Å². The second kappa shape index (κ2) is 8.58. The number of nitrogens with zero attached hydrogens (tertiary/aromatic N) is 1. The first-order chi connectivity index (χ1) is 8.92. The highest BCUT2D eigenvalue weighted by molar-refractivity contribution is 6.06. The van der Waals surface area contributed by atoms with Crippen molar-refractivity contribution in [3.63, 3.8) is 0 Å². The Labute approximate surface area is 110 Å². The van der Waals surface area contributed by atoms with E-state index in [0.29, 0.717) is 0 Å². The van der Waals surface area contributed by atoms with Crippen molar-refractivity contribution < 1.29 is 23.9 Å². The van der Waals surface area contributed by atoms with Gasteiger partial charge in [0.1, 0.15) is 5.92 Å². The summed E-state index contributed by atoms with van der Waals surface area (Å²) >= 11 is 0. The Balaban J connectivity index is 4.24. The van der Waals surface area contributed by atoms with Gasteiger partial charge in [-0.3, -0.25) is 4.79 Å². The molecule has 0 radical (unpaired) electrons. The molecule has 1 atom stereocenters. The number of hydrogen-bond acceptors (Lipinski definition) is 7. The monoisotopic (exact) mass is 266 g/mol. The SMILES string of the molecule is CCOC(=O)/C=C/C(=O)OCC(=O)[C@@H](C#N)C(C)=N. The van der Waals surface area contributed by atoms with Crippen molar-refractivity contribution in [3.8, 4) is 6.07 Å². The van der Waals surface area contributed by atoms with E-state index in [9.17, 15) is 14.4 Å². The molecule has 0 saturated carbocycles. The molecule has 0 heterocycles. The van der Waals surface area contributed by atoms with E-state index in [1.165, 1.54) is 6.92 Å². The zero-order valence-corrected chi connectivity index (χ0v) is 10.6. The van der Waals surface area contributed by atoms with E-state index in [1.807, 2.05) is 0 Å². The fraction of sp³-hybridized carbons (Fsp3) is 0.417. The molecule has 0 aliphatic carbocycles. The molecule has 1 N–H and O–H groups in total. The Morgan fingerprint density at radius 1 is 1.26 bits per heavy atom. The summed E-state index contributed by atoms with van der Waals surface area (Å²) in [6.07, 6.45) is 1.70. The van der Waals surface area contributed by atoms with Crippen LogP contribution in [0, 0.1) is 22.7 Å². The van der Waals surface area contributed by atoms with Gasteiger partial charge in [0.25, 0.3) is 0 Å². The number of carbonyl (C=O) groups is 3. The van der Waals surface area contributed by atoms with Crippen LogP contribution in [0.4, 0.5) is 0 Å². The van der Waals surface area contributed by atoms with E-state index in [2.05, 4.69) is 9.47 Å². The van der Waals surface area contributed by atoms with Gasteiger partial charge in [-0.05, 0) is 13.8 Å². The second-order valence-corrected chi connectivity index (χ2v) is 3.40. The van der Waals surface area contributed by atoms with Crippen molar-refractivity contribution >= 4 is 23.4 Å². The van der Waals surface area contributed by atoms with Gasteiger partial charge in [0.15, 0.2) is 12.4 Å². The minimum atomic E-state index is -1.22. The summed E-state index contributed by atoms with van der Waals surface area (Å²) in [5.74, 6) is -3.51. The molecule has 0 bridgehead atoms. The van der Waals surface area contributed by atoms with Crippen molar-refractivity contribution in [3.05, 3.63) is 12.2 Å². The lowest BCUT2D eigenvalue weighted by atomic mass is 10.0. The number of ether oxygens (including phenoxy) is 2. The van der Waals surface area contributed by atoms with E-state index in [1.54, 1.807) is 13.0 Å². The maximum absolute atomic E-state index is 11.4. The number of nitriles is 1. The number of ketones is 1. The predicted molar refractivity (Wildman–Crippen MR) is 64.2 cm³/mol. The third kappa shape index (κ3) is 6.73. The fourth-order valence-corrected chi connectivity index (χ4v) is 1.01. The quantitative estimate of drug-likeness (QED) is 0.405. The van der Waals surface area contributed by atoms with Crippen molar-refractivity contribution in [2.24, 2.45) is 5.92 Å². The maximum atomic E-state index is 11.4. The Kier molecular flexibility index (Phi) is 7.45. The van der Waals surface area contributed by atoms with Gasteiger partial charge < -0.3 is 14.9 Å². The molecule has 0 aliphatic rings. The average molecular weight is 266 g/mol. The van der Waals surface area contributed by atoms with Crippen LogP contribution in [-0.4, -0.2) is 36.6 Å². The first-order valence-electron chi connectivity index (χ1n) is 5.41. The predicted octanol–water partition coefficient (Wildman–Crippen LogP) is 0.397. The largest absolute Gasteiger partial charge is 0.463 e. The fourth-order valence-electron chi connectivity index (χ4n) is 1.01. The number of carbonyl (C=O) groups excluding carboxylic acids is 3. The number of esters is 2. The van der Waals surface area contributed by atoms with E-state index in [4.69, 9.17) is 10.7 Å². The summed E-state index contributed by atoms with van der Waals surface area (Å²) in [7, 11) is 0. The molecule has 102 valence electrons. The van der Waals surface area contributed by atoms with Crippen LogP contribution in [0.2, 0.25) is 0 Å². The molecule has 0 aliphatic heterocycles. The normalized spacial score (nSPS) is 11.4. The molecule has 0 fully saturated rings. The van der Waals surface area contributed by atoms with Gasteiger partial charge in [0.2, 0.25) is 0 Å². The third-order valence-electron chi connectivity index (χ3n) is 1.88. The highest BCUT2D eigenvalue weighted by atomic mass is 16.5. The van der Waals surface area contributed by atoms with Crippen LogP contribution < -0.4 is 0 Å². The molecule has 7 heteroatoms. The second-order valence-electron chi connectivity index (χ2n) is 3.40. The van der Waals surface area contributed by atoms with E-state index < -0.39 is 30.2 Å². The van der Waals surface area contributed by atoms with Crippen molar-refractivity contribution in [2.75, 3.05) is 13.2 Å². The molecule has 0 amide bonds. The average Bonchev–Trinajstić information content (AvgIpc) is 2.34. The van der Waals surface area contributed by atoms with Crippen LogP contribution in [0.15, 0.2) is 12.2 Å². The lowest BCUT2D eigenvalue weighted by molar-refractivity contribution is -0.143. The van der Waals surface area contributed by atoms with Gasteiger partial charge in [-0.25, -0.2) is 9.59 Å². The smallest absolute Gasteiger partial charge is 0.331 e. The highest BCUT2D eigenvalue weighted by Gasteiger charge is 2.20. The van der Waals surface area contributed by atoms with Gasteiger partial charge in [0.05, 0.1) is 12.7 Å². The van der Waals surface area contributed by atoms with E-state index in [-0.39, 0.29) is 12.3 Å². The van der Waals surface area contributed by atoms with Crippen LogP contribution >= 0.6 is 0 Å². The molecular formula is C12H14N2O5. The summed E-state index contributed by atoms with van der Waals surface area (Å²) in [6.45, 7) is 2.48. The Hall–Kier alpha value is -2.49. The number of nitrogens with one attached hydrogen (secondary N) is 1. The summed E-state index contributed by atoms with van der Waals surface area (Å²) in [5.41, 5.74) is -0.120. The Morgan fingerprint density at radius 2 is 1.79 bits per heavy atom. The minimum Gasteiger partial charge on any atom is -0.463 e. The Morgan fingerprint density at radius 3 is 2.21 bits per heavy atom. The van der Waals surface area contributed by atoms with Gasteiger partial charge in [0, 0.05) is 17.9 Å². The van der Waals surface area contributed by atoms with Crippen molar-refractivity contribution in [1.82, 2.24) is 0 Å². The molecule has 0 saturated heterocycles. The molecule has 0 spiro atoms. The van der Waals surface area contributed by atoms with Crippen molar-refractivity contribution in [1.29, 1.82) is 10.7 Å². The summed E-state index contributed by atoms with van der Waals surface area (Å²) in [4.78, 5) is 33.4. The number of rotatable bonds is 7. The van der Waals surface area contributed by atoms with Gasteiger partial charge in [-0.15, -0.1) is 0 Å². The standard InChI is InChI=1S/C12H14N2O5/c1-3-18-11(16)4-5-12(17)19-7-10(15)9(6-13)8(2)14/h4-5,9,14H,3,7H2,1-2H3/b5-4+,14-8?/t9-/m0/s1. The van der Waals surface area contributed by atoms with Gasteiger partial charge >= 0.3 is 11.9 Å². The topological polar surface area (TPSA) is 117 Å². The summed E-state index contributed by atoms with van der Waals surface area (Å²) in [5, 5.41) is 15.8. The molecule has 19 heavy (non-hydrogen) atoms. The Bertz CT molecular complexity index is 448. The van der Waals surface area contributed by atoms with Crippen molar-refractivity contribution in [2.45, 2.75) is 13.8 Å². The van der Waals surface area contributed by atoms with Gasteiger partial charge in [-0.1, -0.05) is 0 Å². The third-order valence-corrected chi connectivity index (χ3v) is 1.88. The molecule has 0 aromatic rings.